The number of halogens is 3. The molecule has 1 unspecified atom stereocenters. The molecule has 24 heavy (non-hydrogen) atoms. The average molecular weight is 331 g/mol. The van der Waals surface area contributed by atoms with E-state index in [0.717, 1.165) is 5.39 Å². The van der Waals surface area contributed by atoms with Crippen LogP contribution in [0.25, 0.3) is 10.8 Å². The van der Waals surface area contributed by atoms with Crippen LogP contribution in [0.15, 0.2) is 66.7 Å². The number of fused-ring (bicyclic) bond motifs is 1. The summed E-state index contributed by atoms with van der Waals surface area (Å²) in [7, 11) is 1.46. The fourth-order valence-electron chi connectivity index (χ4n) is 2.78. The summed E-state index contributed by atoms with van der Waals surface area (Å²) in [5, 5.41) is 1.57. The van der Waals surface area contributed by atoms with Crippen LogP contribution < -0.4 is 10.5 Å². The fourth-order valence-corrected chi connectivity index (χ4v) is 2.78. The van der Waals surface area contributed by atoms with Gasteiger partial charge in [0.15, 0.2) is 5.54 Å². The second kappa shape index (κ2) is 5.83. The summed E-state index contributed by atoms with van der Waals surface area (Å²) in [6, 6.07) is 17.5. The minimum Gasteiger partial charge on any atom is -0.497 e. The third-order valence-electron chi connectivity index (χ3n) is 4.20. The molecule has 0 saturated carbocycles. The normalized spacial score (nSPS) is 14.4. The SMILES string of the molecule is COc1ccc(C(N)(c2ccc3ccccc3c2)C(F)(F)F)cc1. The van der Waals surface area contributed by atoms with Crippen molar-refractivity contribution in [2.75, 3.05) is 7.11 Å². The number of alkyl halides is 3. The zero-order chi connectivity index (χ0) is 17.4. The molecule has 3 aromatic carbocycles. The van der Waals surface area contributed by atoms with E-state index in [2.05, 4.69) is 0 Å². The van der Waals surface area contributed by atoms with Gasteiger partial charge in [-0.1, -0.05) is 48.5 Å². The number of hydrogen-bond acceptors (Lipinski definition) is 2. The predicted molar refractivity (Wildman–Crippen MR) is 88.0 cm³/mol. The van der Waals surface area contributed by atoms with E-state index in [1.165, 1.54) is 43.5 Å². The van der Waals surface area contributed by atoms with Gasteiger partial charge in [0.25, 0.3) is 0 Å². The summed E-state index contributed by atoms with van der Waals surface area (Å²) in [6.07, 6.45) is -4.65. The molecular formula is C19H16F3NO. The van der Waals surface area contributed by atoms with Gasteiger partial charge in [0.1, 0.15) is 5.75 Å². The smallest absolute Gasteiger partial charge is 0.414 e. The number of nitrogens with two attached hydrogens (primary N) is 1. The molecule has 0 aliphatic heterocycles. The zero-order valence-electron chi connectivity index (χ0n) is 13.0. The topological polar surface area (TPSA) is 35.2 Å². The molecule has 0 amide bonds. The summed E-state index contributed by atoms with van der Waals surface area (Å²) < 4.78 is 46.7. The van der Waals surface area contributed by atoms with Crippen LogP contribution in [0.1, 0.15) is 11.1 Å². The van der Waals surface area contributed by atoms with Gasteiger partial charge < -0.3 is 10.5 Å². The first-order valence-electron chi connectivity index (χ1n) is 7.35. The average Bonchev–Trinajstić information content (AvgIpc) is 2.59. The molecule has 0 saturated heterocycles. The summed E-state index contributed by atoms with van der Waals surface area (Å²) in [5.41, 5.74) is 3.30. The highest BCUT2D eigenvalue weighted by molar-refractivity contribution is 5.83. The van der Waals surface area contributed by atoms with Crippen LogP contribution >= 0.6 is 0 Å². The third-order valence-corrected chi connectivity index (χ3v) is 4.20. The Labute approximate surface area is 137 Å². The maximum atomic E-state index is 13.9. The molecule has 0 radical (unpaired) electrons. The first-order chi connectivity index (χ1) is 11.4. The molecule has 3 aromatic rings. The van der Waals surface area contributed by atoms with Gasteiger partial charge in [-0.3, -0.25) is 0 Å². The highest BCUT2D eigenvalue weighted by atomic mass is 19.4. The molecule has 2 N–H and O–H groups in total. The van der Waals surface area contributed by atoms with E-state index in [4.69, 9.17) is 10.5 Å². The Balaban J connectivity index is 2.20. The molecule has 0 bridgehead atoms. The quantitative estimate of drug-likeness (QED) is 0.760. The number of benzene rings is 3. The Morgan fingerprint density at radius 3 is 1.96 bits per heavy atom. The van der Waals surface area contributed by atoms with E-state index in [1.54, 1.807) is 18.2 Å². The number of hydrogen-bond donors (Lipinski definition) is 1. The second-order valence-corrected chi connectivity index (χ2v) is 5.60. The van der Waals surface area contributed by atoms with Gasteiger partial charge >= 0.3 is 6.18 Å². The van der Waals surface area contributed by atoms with E-state index in [-0.39, 0.29) is 11.1 Å². The van der Waals surface area contributed by atoms with Crippen molar-refractivity contribution in [3.8, 4) is 5.75 Å². The minimum atomic E-state index is -4.65. The summed E-state index contributed by atoms with van der Waals surface area (Å²) >= 11 is 0. The van der Waals surface area contributed by atoms with E-state index < -0.39 is 11.7 Å². The van der Waals surface area contributed by atoms with Crippen molar-refractivity contribution in [3.05, 3.63) is 77.9 Å². The van der Waals surface area contributed by atoms with Crippen molar-refractivity contribution in [1.29, 1.82) is 0 Å². The van der Waals surface area contributed by atoms with Crippen LogP contribution in [0.5, 0.6) is 5.75 Å². The minimum absolute atomic E-state index is 0.00105. The van der Waals surface area contributed by atoms with Crippen molar-refractivity contribution >= 4 is 10.8 Å². The molecule has 0 fully saturated rings. The van der Waals surface area contributed by atoms with Gasteiger partial charge in [-0.2, -0.15) is 13.2 Å². The summed E-state index contributed by atoms with van der Waals surface area (Å²) in [5.74, 6) is 0.474. The molecule has 0 spiro atoms. The van der Waals surface area contributed by atoms with Crippen LogP contribution in [-0.2, 0) is 5.54 Å². The maximum Gasteiger partial charge on any atom is 0.414 e. The first kappa shape index (κ1) is 16.3. The van der Waals surface area contributed by atoms with Crippen LogP contribution in [0.3, 0.4) is 0 Å². The van der Waals surface area contributed by atoms with Gasteiger partial charge in [0.2, 0.25) is 0 Å². The van der Waals surface area contributed by atoms with Gasteiger partial charge in [-0.15, -0.1) is 0 Å². The highest BCUT2D eigenvalue weighted by Crippen LogP contribution is 2.43. The molecule has 1 atom stereocenters. The molecule has 0 aliphatic rings. The lowest BCUT2D eigenvalue weighted by Gasteiger charge is -2.33. The van der Waals surface area contributed by atoms with E-state index in [9.17, 15) is 13.2 Å². The highest BCUT2D eigenvalue weighted by Gasteiger charge is 2.54. The summed E-state index contributed by atoms with van der Waals surface area (Å²) in [4.78, 5) is 0. The Morgan fingerprint density at radius 2 is 1.38 bits per heavy atom. The van der Waals surface area contributed by atoms with Gasteiger partial charge in [-0.25, -0.2) is 0 Å². The van der Waals surface area contributed by atoms with Crippen molar-refractivity contribution in [2.24, 2.45) is 5.73 Å². The molecule has 3 rings (SSSR count). The number of methoxy groups -OCH3 is 1. The third kappa shape index (κ3) is 2.61. The van der Waals surface area contributed by atoms with Crippen LogP contribution in [0.4, 0.5) is 13.2 Å². The lowest BCUT2D eigenvalue weighted by atomic mass is 9.82. The monoisotopic (exact) mass is 331 g/mol. The molecule has 5 heteroatoms. The van der Waals surface area contributed by atoms with Crippen molar-refractivity contribution < 1.29 is 17.9 Å². The van der Waals surface area contributed by atoms with Crippen molar-refractivity contribution in [3.63, 3.8) is 0 Å². The van der Waals surface area contributed by atoms with Crippen LogP contribution in [0, 0.1) is 0 Å². The number of rotatable bonds is 3. The van der Waals surface area contributed by atoms with E-state index in [0.29, 0.717) is 11.1 Å². The number of ether oxygens (including phenoxy) is 1. The van der Waals surface area contributed by atoms with Crippen LogP contribution in [0.2, 0.25) is 0 Å². The second-order valence-electron chi connectivity index (χ2n) is 5.60. The van der Waals surface area contributed by atoms with Gasteiger partial charge in [0, 0.05) is 0 Å². The predicted octanol–water partition coefficient (Wildman–Crippen LogP) is 4.61. The Hall–Kier alpha value is -2.53. The molecule has 124 valence electrons. The lowest BCUT2D eigenvalue weighted by Crippen LogP contribution is -2.51. The Kier molecular flexibility index (Phi) is 3.97. The molecule has 0 heterocycles. The standard InChI is InChI=1S/C19H16F3NO/c1-24-17-10-8-15(9-11-17)18(23,19(20,21)22)16-7-6-13-4-2-3-5-14(13)12-16/h2-12H,23H2,1H3. The van der Waals surface area contributed by atoms with Crippen molar-refractivity contribution in [2.45, 2.75) is 11.7 Å². The lowest BCUT2D eigenvalue weighted by molar-refractivity contribution is -0.176. The fraction of sp³-hybridized carbons (Fsp3) is 0.158. The molecule has 0 aromatic heterocycles. The van der Waals surface area contributed by atoms with Gasteiger partial charge in [0.05, 0.1) is 7.11 Å². The maximum absolute atomic E-state index is 13.9. The summed E-state index contributed by atoms with van der Waals surface area (Å²) in [6.45, 7) is 0. The molecule has 0 aliphatic carbocycles. The van der Waals surface area contributed by atoms with E-state index in [1.807, 2.05) is 12.1 Å². The Bertz CT molecular complexity index is 858. The largest absolute Gasteiger partial charge is 0.497 e. The Morgan fingerprint density at radius 1 is 0.792 bits per heavy atom. The molecular weight excluding hydrogens is 315 g/mol. The van der Waals surface area contributed by atoms with Gasteiger partial charge in [-0.05, 0) is 40.1 Å². The van der Waals surface area contributed by atoms with Crippen molar-refractivity contribution in [1.82, 2.24) is 0 Å². The zero-order valence-corrected chi connectivity index (χ0v) is 13.0. The van der Waals surface area contributed by atoms with E-state index >= 15 is 0 Å². The molecule has 2 nitrogen and oxygen atoms in total. The first-order valence-corrected chi connectivity index (χ1v) is 7.35. The van der Waals surface area contributed by atoms with Crippen LogP contribution in [-0.4, -0.2) is 13.3 Å².